The van der Waals surface area contributed by atoms with E-state index < -0.39 is 5.60 Å². The zero-order valence-corrected chi connectivity index (χ0v) is 12.7. The van der Waals surface area contributed by atoms with Crippen LogP contribution in [0.1, 0.15) is 45.6 Å². The van der Waals surface area contributed by atoms with Crippen molar-refractivity contribution in [3.8, 4) is 0 Å². The molecule has 1 unspecified atom stereocenters. The Morgan fingerprint density at radius 1 is 1.40 bits per heavy atom. The highest BCUT2D eigenvalue weighted by molar-refractivity contribution is 5.77. The molecule has 1 rings (SSSR count). The first kappa shape index (κ1) is 16.6. The molecule has 0 radical (unpaired) electrons. The summed E-state index contributed by atoms with van der Waals surface area (Å²) in [6.07, 6.45) is 0.241. The van der Waals surface area contributed by atoms with Crippen LogP contribution in [0.5, 0.6) is 0 Å². The third-order valence-corrected chi connectivity index (χ3v) is 3.23. The third-order valence-electron chi connectivity index (χ3n) is 3.23. The summed E-state index contributed by atoms with van der Waals surface area (Å²) in [5.41, 5.74) is -0.368. The minimum atomic E-state index is -0.924. The highest BCUT2D eigenvalue weighted by atomic mass is 19.1. The molecule has 1 amide bonds. The number of benzene rings is 1. The fraction of sp³-hybridized carbons (Fsp3) is 0.562. The summed E-state index contributed by atoms with van der Waals surface area (Å²) < 4.78 is 13.7. The molecule has 0 spiro atoms. The van der Waals surface area contributed by atoms with Crippen molar-refractivity contribution in [2.45, 2.75) is 45.6 Å². The Balaban J connectivity index is 2.71. The molecule has 0 bridgehead atoms. The van der Waals surface area contributed by atoms with E-state index in [-0.39, 0.29) is 30.6 Å². The number of nitrogens with zero attached hydrogens (tertiary/aromatic N) is 1. The van der Waals surface area contributed by atoms with Gasteiger partial charge in [0.25, 0.3) is 0 Å². The standard InChI is InChI=1S/C16H24FNO2/c1-5-18(11-16(3,4)20)15(19)10-12(2)13-8-6-7-9-14(13)17/h6-9,12,20H,5,10-11H2,1-4H3. The largest absolute Gasteiger partial charge is 0.389 e. The number of carbonyl (C=O) groups is 1. The second kappa shape index (κ2) is 6.84. The molecule has 4 heteroatoms. The van der Waals surface area contributed by atoms with Gasteiger partial charge < -0.3 is 10.0 Å². The van der Waals surface area contributed by atoms with E-state index in [9.17, 15) is 14.3 Å². The van der Waals surface area contributed by atoms with Crippen LogP contribution in [0.15, 0.2) is 24.3 Å². The number of rotatable bonds is 6. The van der Waals surface area contributed by atoms with Crippen molar-refractivity contribution in [1.29, 1.82) is 0 Å². The number of hydrogen-bond acceptors (Lipinski definition) is 2. The van der Waals surface area contributed by atoms with Crippen molar-refractivity contribution >= 4 is 5.91 Å². The maximum absolute atomic E-state index is 13.7. The Morgan fingerprint density at radius 2 is 2.00 bits per heavy atom. The van der Waals surface area contributed by atoms with E-state index in [1.165, 1.54) is 6.07 Å². The van der Waals surface area contributed by atoms with Crippen molar-refractivity contribution in [3.63, 3.8) is 0 Å². The number of aliphatic hydroxyl groups is 1. The average molecular weight is 281 g/mol. The van der Waals surface area contributed by atoms with Gasteiger partial charge in [0.1, 0.15) is 5.82 Å². The van der Waals surface area contributed by atoms with Gasteiger partial charge in [0.05, 0.1) is 5.60 Å². The van der Waals surface area contributed by atoms with Crippen molar-refractivity contribution in [3.05, 3.63) is 35.6 Å². The van der Waals surface area contributed by atoms with Crippen molar-refractivity contribution in [1.82, 2.24) is 4.90 Å². The first-order valence-electron chi connectivity index (χ1n) is 6.99. The fourth-order valence-corrected chi connectivity index (χ4v) is 2.22. The first-order chi connectivity index (χ1) is 9.24. The zero-order valence-electron chi connectivity index (χ0n) is 12.7. The molecule has 0 fully saturated rings. The summed E-state index contributed by atoms with van der Waals surface area (Å²) >= 11 is 0. The van der Waals surface area contributed by atoms with E-state index in [1.807, 2.05) is 13.8 Å². The molecular weight excluding hydrogens is 257 g/mol. The van der Waals surface area contributed by atoms with E-state index in [1.54, 1.807) is 36.9 Å². The van der Waals surface area contributed by atoms with Gasteiger partial charge in [-0.2, -0.15) is 0 Å². The monoisotopic (exact) mass is 281 g/mol. The maximum atomic E-state index is 13.7. The Labute approximate surface area is 120 Å². The van der Waals surface area contributed by atoms with E-state index in [0.29, 0.717) is 12.1 Å². The molecular formula is C16H24FNO2. The summed E-state index contributed by atoms with van der Waals surface area (Å²) in [5.74, 6) is -0.525. The van der Waals surface area contributed by atoms with Crippen LogP contribution in [0.2, 0.25) is 0 Å². The summed E-state index contributed by atoms with van der Waals surface area (Å²) in [6.45, 7) is 7.87. The second-order valence-corrected chi connectivity index (χ2v) is 5.85. The summed E-state index contributed by atoms with van der Waals surface area (Å²) in [5, 5.41) is 9.81. The Morgan fingerprint density at radius 3 is 2.50 bits per heavy atom. The van der Waals surface area contributed by atoms with Crippen molar-refractivity contribution in [2.75, 3.05) is 13.1 Å². The van der Waals surface area contributed by atoms with Gasteiger partial charge in [-0.05, 0) is 38.3 Å². The third kappa shape index (κ3) is 4.93. The Bertz CT molecular complexity index is 454. The minimum Gasteiger partial charge on any atom is -0.389 e. The van der Waals surface area contributed by atoms with Crippen LogP contribution >= 0.6 is 0 Å². The maximum Gasteiger partial charge on any atom is 0.223 e. The Kier molecular flexibility index (Phi) is 5.69. The minimum absolute atomic E-state index is 0.0645. The van der Waals surface area contributed by atoms with Gasteiger partial charge in [0.2, 0.25) is 5.91 Å². The predicted octanol–water partition coefficient (Wildman–Crippen LogP) is 2.94. The molecule has 0 aromatic heterocycles. The molecule has 0 saturated carbocycles. The topological polar surface area (TPSA) is 40.5 Å². The smallest absolute Gasteiger partial charge is 0.223 e. The van der Waals surface area contributed by atoms with Gasteiger partial charge in [-0.1, -0.05) is 25.1 Å². The van der Waals surface area contributed by atoms with Gasteiger partial charge in [-0.15, -0.1) is 0 Å². The fourth-order valence-electron chi connectivity index (χ4n) is 2.22. The van der Waals surface area contributed by atoms with Crippen LogP contribution in [0, 0.1) is 5.82 Å². The first-order valence-corrected chi connectivity index (χ1v) is 6.99. The number of likely N-dealkylation sites (N-methyl/N-ethyl adjacent to an activating group) is 1. The van der Waals surface area contributed by atoms with Crippen LogP contribution in [0.4, 0.5) is 4.39 Å². The molecule has 1 atom stereocenters. The molecule has 112 valence electrons. The number of halogens is 1. The summed E-state index contributed by atoms with van der Waals surface area (Å²) in [4.78, 5) is 13.8. The molecule has 0 heterocycles. The van der Waals surface area contributed by atoms with Crippen LogP contribution < -0.4 is 0 Å². The van der Waals surface area contributed by atoms with E-state index in [4.69, 9.17) is 0 Å². The lowest BCUT2D eigenvalue weighted by Gasteiger charge is -2.29. The number of carbonyl (C=O) groups excluding carboxylic acids is 1. The number of amides is 1. The Hall–Kier alpha value is -1.42. The summed E-state index contributed by atoms with van der Waals surface area (Å²) in [6, 6.07) is 6.53. The molecule has 20 heavy (non-hydrogen) atoms. The molecule has 0 aliphatic heterocycles. The van der Waals surface area contributed by atoms with Crippen molar-refractivity contribution in [2.24, 2.45) is 0 Å². The highest BCUT2D eigenvalue weighted by Gasteiger charge is 2.23. The van der Waals surface area contributed by atoms with Gasteiger partial charge in [-0.25, -0.2) is 4.39 Å². The SMILES string of the molecule is CCN(CC(C)(C)O)C(=O)CC(C)c1ccccc1F. The van der Waals surface area contributed by atoms with Crippen molar-refractivity contribution < 1.29 is 14.3 Å². The zero-order chi connectivity index (χ0) is 15.3. The van der Waals surface area contributed by atoms with Crippen LogP contribution in [-0.4, -0.2) is 34.6 Å². The molecule has 0 saturated heterocycles. The summed E-state index contributed by atoms with van der Waals surface area (Å²) in [7, 11) is 0. The van der Waals surface area contributed by atoms with Crippen LogP contribution in [0.3, 0.4) is 0 Å². The molecule has 1 aromatic rings. The van der Waals surface area contributed by atoms with Gasteiger partial charge >= 0.3 is 0 Å². The molecule has 3 nitrogen and oxygen atoms in total. The molecule has 0 aliphatic rings. The number of hydrogen-bond donors (Lipinski definition) is 1. The lowest BCUT2D eigenvalue weighted by molar-refractivity contribution is -0.134. The quantitative estimate of drug-likeness (QED) is 0.871. The molecule has 1 N–H and O–H groups in total. The molecule has 0 aliphatic carbocycles. The van der Waals surface area contributed by atoms with E-state index >= 15 is 0 Å². The average Bonchev–Trinajstić information content (AvgIpc) is 2.35. The second-order valence-electron chi connectivity index (χ2n) is 5.85. The van der Waals surface area contributed by atoms with Crippen LogP contribution in [-0.2, 0) is 4.79 Å². The van der Waals surface area contributed by atoms with E-state index in [0.717, 1.165) is 0 Å². The van der Waals surface area contributed by atoms with Gasteiger partial charge in [0.15, 0.2) is 0 Å². The predicted molar refractivity (Wildman–Crippen MR) is 78.0 cm³/mol. The van der Waals surface area contributed by atoms with Gasteiger partial charge in [0, 0.05) is 19.5 Å². The normalized spacial score (nSPS) is 13.1. The van der Waals surface area contributed by atoms with Crippen LogP contribution in [0.25, 0.3) is 0 Å². The highest BCUT2D eigenvalue weighted by Crippen LogP contribution is 2.23. The lowest BCUT2D eigenvalue weighted by Crippen LogP contribution is -2.42. The van der Waals surface area contributed by atoms with Gasteiger partial charge in [-0.3, -0.25) is 4.79 Å². The van der Waals surface area contributed by atoms with E-state index in [2.05, 4.69) is 0 Å². The lowest BCUT2D eigenvalue weighted by atomic mass is 9.96. The molecule has 1 aromatic carbocycles.